The van der Waals surface area contributed by atoms with Crippen molar-refractivity contribution in [2.45, 2.75) is 39.2 Å². The molecule has 0 aliphatic carbocycles. The van der Waals surface area contributed by atoms with E-state index >= 15 is 0 Å². The molecule has 0 bridgehead atoms. The summed E-state index contributed by atoms with van der Waals surface area (Å²) in [4.78, 5) is 12.2. The minimum atomic E-state index is -0.139. The van der Waals surface area contributed by atoms with E-state index in [4.69, 9.17) is 0 Å². The zero-order valence-electron chi connectivity index (χ0n) is 11.1. The molecule has 0 spiro atoms. The van der Waals surface area contributed by atoms with Gasteiger partial charge >= 0.3 is 0 Å². The molecule has 4 heteroatoms. The third-order valence-corrected chi connectivity index (χ3v) is 3.68. The summed E-state index contributed by atoms with van der Waals surface area (Å²) >= 11 is 0. The lowest BCUT2D eigenvalue weighted by Crippen LogP contribution is -2.44. The molecule has 0 aliphatic heterocycles. The topological polar surface area (TPSA) is 57.8 Å². The first-order valence-corrected chi connectivity index (χ1v) is 6.33. The number of aromatic nitrogens is 2. The van der Waals surface area contributed by atoms with Crippen LogP contribution in [-0.2, 0) is 0 Å². The number of H-pyrrole nitrogens is 1. The van der Waals surface area contributed by atoms with Crippen molar-refractivity contribution in [1.29, 1.82) is 0 Å². The first kappa shape index (κ1) is 12.6. The van der Waals surface area contributed by atoms with Crippen molar-refractivity contribution >= 4 is 16.8 Å². The van der Waals surface area contributed by atoms with Crippen LogP contribution >= 0.6 is 0 Å². The fourth-order valence-electron chi connectivity index (χ4n) is 1.85. The fraction of sp³-hybridized carbons (Fsp3) is 0.429. The fourth-order valence-corrected chi connectivity index (χ4v) is 1.85. The van der Waals surface area contributed by atoms with Crippen LogP contribution in [0.4, 0.5) is 0 Å². The Bertz CT molecular complexity index is 555. The number of aromatic amines is 1. The van der Waals surface area contributed by atoms with E-state index in [0.717, 1.165) is 23.7 Å². The van der Waals surface area contributed by atoms with E-state index in [2.05, 4.69) is 36.3 Å². The van der Waals surface area contributed by atoms with E-state index < -0.39 is 0 Å². The number of fused-ring (bicyclic) bond motifs is 1. The number of benzene rings is 1. The zero-order chi connectivity index (χ0) is 13.2. The summed E-state index contributed by atoms with van der Waals surface area (Å²) in [6.45, 7) is 6.24. The molecule has 0 saturated heterocycles. The largest absolute Gasteiger partial charge is 0.347 e. The lowest BCUT2D eigenvalue weighted by atomic mass is 9.95. The molecule has 0 saturated carbocycles. The van der Waals surface area contributed by atoms with Crippen LogP contribution in [-0.4, -0.2) is 21.6 Å². The summed E-state index contributed by atoms with van der Waals surface area (Å²) in [5, 5.41) is 10.9. The van der Waals surface area contributed by atoms with E-state index in [1.807, 2.05) is 18.2 Å². The maximum atomic E-state index is 12.2. The average Bonchev–Trinajstić information content (AvgIpc) is 2.85. The van der Waals surface area contributed by atoms with Gasteiger partial charge in [-0.2, -0.15) is 5.10 Å². The quantitative estimate of drug-likeness (QED) is 0.870. The molecular formula is C14H19N3O. The predicted octanol–water partition coefficient (Wildman–Crippen LogP) is 2.87. The first-order chi connectivity index (χ1) is 8.58. The third kappa shape index (κ3) is 2.37. The van der Waals surface area contributed by atoms with Gasteiger partial charge in [-0.25, -0.2) is 0 Å². The summed E-state index contributed by atoms with van der Waals surface area (Å²) in [5.74, 6) is -0.0299. The molecule has 0 fully saturated rings. The van der Waals surface area contributed by atoms with Gasteiger partial charge in [-0.1, -0.05) is 19.9 Å². The highest BCUT2D eigenvalue weighted by atomic mass is 16.1. The van der Waals surface area contributed by atoms with Crippen molar-refractivity contribution < 1.29 is 4.79 Å². The Hall–Kier alpha value is -1.84. The van der Waals surface area contributed by atoms with Gasteiger partial charge in [0.25, 0.3) is 5.91 Å². The molecule has 18 heavy (non-hydrogen) atoms. The van der Waals surface area contributed by atoms with Gasteiger partial charge < -0.3 is 5.32 Å². The molecule has 1 aromatic carbocycles. The van der Waals surface area contributed by atoms with E-state index in [1.54, 1.807) is 6.20 Å². The van der Waals surface area contributed by atoms with E-state index in [9.17, 15) is 4.79 Å². The molecule has 2 rings (SSSR count). The van der Waals surface area contributed by atoms with Gasteiger partial charge in [-0.05, 0) is 31.9 Å². The number of amides is 1. The molecule has 1 heterocycles. The molecular weight excluding hydrogens is 226 g/mol. The second-order valence-corrected chi connectivity index (χ2v) is 4.89. The van der Waals surface area contributed by atoms with Crippen molar-refractivity contribution in [3.05, 3.63) is 30.0 Å². The number of nitrogens with one attached hydrogen (secondary N) is 2. The normalized spacial score (nSPS) is 11.7. The van der Waals surface area contributed by atoms with Gasteiger partial charge in [0.05, 0.1) is 11.7 Å². The Morgan fingerprint density at radius 3 is 2.78 bits per heavy atom. The number of hydrogen-bond acceptors (Lipinski definition) is 2. The van der Waals surface area contributed by atoms with Gasteiger partial charge in [0.15, 0.2) is 0 Å². The molecule has 96 valence electrons. The summed E-state index contributed by atoms with van der Waals surface area (Å²) < 4.78 is 0. The summed E-state index contributed by atoms with van der Waals surface area (Å²) in [6.07, 6.45) is 3.59. The van der Waals surface area contributed by atoms with Crippen LogP contribution in [0.25, 0.3) is 10.9 Å². The Kier molecular flexibility index (Phi) is 3.36. The van der Waals surface area contributed by atoms with Gasteiger partial charge in [-0.15, -0.1) is 0 Å². The van der Waals surface area contributed by atoms with Gasteiger partial charge in [-0.3, -0.25) is 9.89 Å². The minimum Gasteiger partial charge on any atom is -0.347 e. The molecule has 2 aromatic rings. The van der Waals surface area contributed by atoms with Crippen LogP contribution in [0.3, 0.4) is 0 Å². The summed E-state index contributed by atoms with van der Waals surface area (Å²) in [6, 6.07) is 5.57. The molecule has 0 unspecified atom stereocenters. The average molecular weight is 245 g/mol. The monoisotopic (exact) mass is 245 g/mol. The highest BCUT2D eigenvalue weighted by molar-refractivity contribution is 5.98. The van der Waals surface area contributed by atoms with E-state index in [1.165, 1.54) is 0 Å². The van der Waals surface area contributed by atoms with Crippen LogP contribution in [0.5, 0.6) is 0 Å². The summed E-state index contributed by atoms with van der Waals surface area (Å²) in [7, 11) is 0. The molecule has 1 aromatic heterocycles. The van der Waals surface area contributed by atoms with Crippen LogP contribution in [0.2, 0.25) is 0 Å². The predicted molar refractivity (Wildman–Crippen MR) is 72.5 cm³/mol. The Morgan fingerprint density at radius 1 is 1.39 bits per heavy atom. The number of rotatable bonds is 4. The highest BCUT2D eigenvalue weighted by Gasteiger charge is 2.22. The van der Waals surface area contributed by atoms with Crippen molar-refractivity contribution in [3.8, 4) is 0 Å². The minimum absolute atomic E-state index is 0.0299. The molecule has 1 amide bonds. The van der Waals surface area contributed by atoms with E-state index in [-0.39, 0.29) is 11.4 Å². The van der Waals surface area contributed by atoms with Crippen LogP contribution < -0.4 is 5.32 Å². The number of hydrogen-bond donors (Lipinski definition) is 2. The Labute approximate surface area is 107 Å². The number of carbonyl (C=O) groups is 1. The molecule has 0 atom stereocenters. The SMILES string of the molecule is CCC(C)(CC)NC(=O)c1ccc2cn[nH]c2c1. The van der Waals surface area contributed by atoms with Crippen molar-refractivity contribution in [2.75, 3.05) is 0 Å². The maximum absolute atomic E-state index is 12.2. The van der Waals surface area contributed by atoms with Crippen molar-refractivity contribution in [1.82, 2.24) is 15.5 Å². The van der Waals surface area contributed by atoms with Crippen molar-refractivity contribution in [2.24, 2.45) is 0 Å². The van der Waals surface area contributed by atoms with Gasteiger partial charge in [0, 0.05) is 16.5 Å². The second-order valence-electron chi connectivity index (χ2n) is 4.89. The zero-order valence-corrected chi connectivity index (χ0v) is 11.1. The molecule has 0 radical (unpaired) electrons. The van der Waals surface area contributed by atoms with Crippen LogP contribution in [0, 0.1) is 0 Å². The standard InChI is InChI=1S/C14H19N3O/c1-4-14(3,5-2)16-13(18)10-6-7-11-9-15-17-12(11)8-10/h6-9H,4-5H2,1-3H3,(H,15,17)(H,16,18). The van der Waals surface area contributed by atoms with Crippen LogP contribution in [0.15, 0.2) is 24.4 Å². The lowest BCUT2D eigenvalue weighted by molar-refractivity contribution is 0.0901. The number of nitrogens with zero attached hydrogens (tertiary/aromatic N) is 1. The number of carbonyl (C=O) groups excluding carboxylic acids is 1. The lowest BCUT2D eigenvalue weighted by Gasteiger charge is -2.28. The molecule has 0 aliphatic rings. The Balaban J connectivity index is 2.22. The van der Waals surface area contributed by atoms with Crippen LogP contribution in [0.1, 0.15) is 44.0 Å². The highest BCUT2D eigenvalue weighted by Crippen LogP contribution is 2.17. The molecule has 2 N–H and O–H groups in total. The van der Waals surface area contributed by atoms with Gasteiger partial charge in [0.2, 0.25) is 0 Å². The third-order valence-electron chi connectivity index (χ3n) is 3.68. The smallest absolute Gasteiger partial charge is 0.251 e. The van der Waals surface area contributed by atoms with E-state index in [0.29, 0.717) is 5.56 Å². The van der Waals surface area contributed by atoms with Crippen molar-refractivity contribution in [3.63, 3.8) is 0 Å². The Morgan fingerprint density at radius 2 is 2.11 bits per heavy atom. The molecule has 4 nitrogen and oxygen atoms in total. The van der Waals surface area contributed by atoms with Gasteiger partial charge in [0.1, 0.15) is 0 Å². The second kappa shape index (κ2) is 4.80. The first-order valence-electron chi connectivity index (χ1n) is 6.33. The summed E-state index contributed by atoms with van der Waals surface area (Å²) in [5.41, 5.74) is 1.41. The maximum Gasteiger partial charge on any atom is 0.251 e.